The van der Waals surface area contributed by atoms with Gasteiger partial charge < -0.3 is 15.7 Å². The van der Waals surface area contributed by atoms with E-state index in [1.165, 1.54) is 43.9 Å². The zero-order chi connectivity index (χ0) is 28.6. The van der Waals surface area contributed by atoms with Gasteiger partial charge in [0.2, 0.25) is 0 Å². The number of aliphatic hydroxyl groups is 1. The van der Waals surface area contributed by atoms with Gasteiger partial charge >= 0.3 is 10.1 Å². The molecule has 0 saturated carbocycles. The number of carbonyl (C=O) groups is 1. The van der Waals surface area contributed by atoms with E-state index in [4.69, 9.17) is 4.28 Å². The van der Waals surface area contributed by atoms with E-state index >= 15 is 0 Å². The Morgan fingerprint density at radius 3 is 2.23 bits per heavy atom. The SMILES string of the molecule is CCc1cccc(CNC[C@@H](O)[C@H](Cc2cc(F)cc(F)c2)NC(=O)c2ccc(S(=O)(=O)ON(C)C)cc2)c1. The fourth-order valence-electron chi connectivity index (χ4n) is 4.00. The van der Waals surface area contributed by atoms with Crippen LogP contribution in [0, 0.1) is 11.6 Å². The Morgan fingerprint density at radius 2 is 1.62 bits per heavy atom. The number of aliphatic hydroxyl groups excluding tert-OH is 1. The number of hydrogen-bond donors (Lipinski definition) is 3. The topological polar surface area (TPSA) is 108 Å². The summed E-state index contributed by atoms with van der Waals surface area (Å²) >= 11 is 0. The van der Waals surface area contributed by atoms with Crippen molar-refractivity contribution in [3.05, 3.63) is 101 Å². The lowest BCUT2D eigenvalue weighted by Crippen LogP contribution is -2.48. The molecule has 0 aromatic heterocycles. The molecule has 0 spiro atoms. The Hall–Kier alpha value is -3.22. The molecule has 1 amide bonds. The Labute approximate surface area is 227 Å². The summed E-state index contributed by atoms with van der Waals surface area (Å²) in [7, 11) is -1.20. The number of nitrogens with one attached hydrogen (secondary N) is 2. The Bertz CT molecular complexity index is 1350. The number of aryl methyl sites for hydroxylation is 1. The number of halogens is 2. The summed E-state index contributed by atoms with van der Waals surface area (Å²) in [5.74, 6) is -2.13. The number of nitrogens with zero attached hydrogens (tertiary/aromatic N) is 1. The second-order valence-electron chi connectivity index (χ2n) is 9.30. The maximum absolute atomic E-state index is 13.8. The average molecular weight is 562 g/mol. The van der Waals surface area contributed by atoms with Crippen LogP contribution < -0.4 is 10.6 Å². The lowest BCUT2D eigenvalue weighted by Gasteiger charge is -2.25. The minimum absolute atomic E-state index is 0.0439. The molecule has 3 rings (SSSR count). The first kappa shape index (κ1) is 30.3. The minimum atomic E-state index is -4.05. The van der Waals surface area contributed by atoms with E-state index < -0.39 is 39.8 Å². The van der Waals surface area contributed by atoms with Gasteiger partial charge in [0.05, 0.1) is 17.0 Å². The predicted octanol–water partition coefficient (Wildman–Crippen LogP) is 3.20. The first-order valence-corrected chi connectivity index (χ1v) is 13.8. The molecular weight excluding hydrogens is 528 g/mol. The van der Waals surface area contributed by atoms with Gasteiger partial charge in [-0.1, -0.05) is 31.2 Å². The summed E-state index contributed by atoms with van der Waals surface area (Å²) < 4.78 is 56.9. The van der Waals surface area contributed by atoms with E-state index in [0.29, 0.717) is 6.54 Å². The number of hydrogen-bond acceptors (Lipinski definition) is 7. The van der Waals surface area contributed by atoms with Crippen LogP contribution in [0.3, 0.4) is 0 Å². The second-order valence-corrected chi connectivity index (χ2v) is 10.8. The molecule has 2 atom stereocenters. The third-order valence-electron chi connectivity index (χ3n) is 5.89. The third kappa shape index (κ3) is 9.19. The lowest BCUT2D eigenvalue weighted by molar-refractivity contribution is 0.00513. The summed E-state index contributed by atoms with van der Waals surface area (Å²) in [6.07, 6.45) is -0.259. The summed E-state index contributed by atoms with van der Waals surface area (Å²) in [6, 6.07) is 15.2. The highest BCUT2D eigenvalue weighted by molar-refractivity contribution is 7.86. The van der Waals surface area contributed by atoms with Crippen molar-refractivity contribution in [3.8, 4) is 0 Å². The first-order chi connectivity index (χ1) is 18.5. The molecule has 8 nitrogen and oxygen atoms in total. The Morgan fingerprint density at radius 1 is 0.974 bits per heavy atom. The molecule has 11 heteroatoms. The Balaban J connectivity index is 1.73. The lowest BCUT2D eigenvalue weighted by atomic mass is 10.00. The van der Waals surface area contributed by atoms with Crippen LogP contribution in [0.15, 0.2) is 71.6 Å². The monoisotopic (exact) mass is 561 g/mol. The van der Waals surface area contributed by atoms with E-state index in [1.54, 1.807) is 0 Å². The van der Waals surface area contributed by atoms with E-state index in [0.717, 1.165) is 35.2 Å². The van der Waals surface area contributed by atoms with Gasteiger partial charge in [-0.3, -0.25) is 4.79 Å². The molecule has 3 N–H and O–H groups in total. The van der Waals surface area contributed by atoms with Crippen molar-refractivity contribution in [2.45, 2.75) is 43.4 Å². The molecule has 210 valence electrons. The maximum atomic E-state index is 13.8. The van der Waals surface area contributed by atoms with Gasteiger partial charge in [0.15, 0.2) is 0 Å². The van der Waals surface area contributed by atoms with Gasteiger partial charge in [-0.15, -0.1) is 0 Å². The molecule has 0 fully saturated rings. The number of carbonyl (C=O) groups excluding carboxylic acids is 1. The van der Waals surface area contributed by atoms with Crippen molar-refractivity contribution in [1.82, 2.24) is 15.7 Å². The van der Waals surface area contributed by atoms with E-state index in [2.05, 4.69) is 23.6 Å². The van der Waals surface area contributed by atoms with Gasteiger partial charge in [0, 0.05) is 38.8 Å². The molecular formula is C28H33F2N3O5S. The molecule has 0 bridgehead atoms. The van der Waals surface area contributed by atoms with Crippen molar-refractivity contribution < 1.29 is 31.4 Å². The summed E-state index contributed by atoms with van der Waals surface area (Å²) in [6.45, 7) is 2.63. The fraction of sp³-hybridized carbons (Fsp3) is 0.321. The molecule has 0 aliphatic rings. The number of benzene rings is 3. The van der Waals surface area contributed by atoms with Gasteiger partial charge in [0.1, 0.15) is 11.6 Å². The molecule has 39 heavy (non-hydrogen) atoms. The van der Waals surface area contributed by atoms with Gasteiger partial charge in [-0.25, -0.2) is 8.78 Å². The van der Waals surface area contributed by atoms with Crippen molar-refractivity contribution in [2.24, 2.45) is 0 Å². The quantitative estimate of drug-likeness (QED) is 0.275. The molecule has 0 unspecified atom stereocenters. The van der Waals surface area contributed by atoms with Crippen molar-refractivity contribution in [1.29, 1.82) is 0 Å². The van der Waals surface area contributed by atoms with Crippen LogP contribution in [-0.2, 0) is 33.8 Å². The highest BCUT2D eigenvalue weighted by Gasteiger charge is 2.24. The van der Waals surface area contributed by atoms with Crippen LogP contribution in [0.2, 0.25) is 0 Å². The second kappa shape index (κ2) is 13.7. The third-order valence-corrected chi connectivity index (χ3v) is 7.24. The molecule has 3 aromatic carbocycles. The van der Waals surface area contributed by atoms with Gasteiger partial charge in [-0.2, -0.15) is 17.8 Å². The molecule has 0 heterocycles. The van der Waals surface area contributed by atoms with Crippen LogP contribution in [0.1, 0.15) is 34.0 Å². The van der Waals surface area contributed by atoms with Crippen LogP contribution >= 0.6 is 0 Å². The zero-order valence-corrected chi connectivity index (χ0v) is 22.8. The van der Waals surface area contributed by atoms with E-state index in [-0.39, 0.29) is 29.0 Å². The van der Waals surface area contributed by atoms with Crippen LogP contribution in [0.4, 0.5) is 8.78 Å². The van der Waals surface area contributed by atoms with Crippen LogP contribution in [-0.4, -0.2) is 57.3 Å². The highest BCUT2D eigenvalue weighted by Crippen LogP contribution is 2.16. The molecule has 0 saturated heterocycles. The fourth-order valence-corrected chi connectivity index (χ4v) is 4.94. The van der Waals surface area contributed by atoms with Crippen molar-refractivity contribution in [3.63, 3.8) is 0 Å². The number of hydroxylamine groups is 2. The van der Waals surface area contributed by atoms with E-state index in [1.807, 2.05) is 18.2 Å². The van der Waals surface area contributed by atoms with E-state index in [9.17, 15) is 27.1 Å². The highest BCUT2D eigenvalue weighted by atomic mass is 32.2. The molecule has 0 radical (unpaired) electrons. The largest absolute Gasteiger partial charge is 0.390 e. The van der Waals surface area contributed by atoms with Crippen LogP contribution in [0.5, 0.6) is 0 Å². The standard InChI is InChI=1S/C28H33F2N3O5S/c1-4-19-6-5-7-20(12-19)17-31-18-27(34)26(15-21-13-23(29)16-24(30)14-21)32-28(35)22-8-10-25(11-9-22)39(36,37)38-33(2)3/h5-14,16,26-27,31,34H,4,15,17-18H2,1-3H3,(H,32,35)/t26-,27+/m0/s1. The summed E-state index contributed by atoms with van der Waals surface area (Å²) in [5.41, 5.74) is 2.60. The Kier molecular flexibility index (Phi) is 10.7. The maximum Gasteiger partial charge on any atom is 0.313 e. The molecule has 0 aliphatic carbocycles. The number of amides is 1. The van der Waals surface area contributed by atoms with Crippen LogP contribution in [0.25, 0.3) is 0 Å². The zero-order valence-electron chi connectivity index (χ0n) is 22.0. The van der Waals surface area contributed by atoms with Crippen molar-refractivity contribution >= 4 is 16.0 Å². The average Bonchev–Trinajstić information content (AvgIpc) is 2.87. The predicted molar refractivity (Wildman–Crippen MR) is 143 cm³/mol. The van der Waals surface area contributed by atoms with Gasteiger partial charge in [-0.05, 0) is 65.9 Å². The minimum Gasteiger partial charge on any atom is -0.390 e. The smallest absolute Gasteiger partial charge is 0.313 e. The summed E-state index contributed by atoms with van der Waals surface area (Å²) in [4.78, 5) is 12.9. The molecule has 3 aromatic rings. The first-order valence-electron chi connectivity index (χ1n) is 12.4. The molecule has 0 aliphatic heterocycles. The van der Waals surface area contributed by atoms with Gasteiger partial charge in [0.25, 0.3) is 5.91 Å². The van der Waals surface area contributed by atoms with Crippen molar-refractivity contribution in [2.75, 3.05) is 20.6 Å². The normalized spacial score (nSPS) is 13.3. The summed E-state index contributed by atoms with van der Waals surface area (Å²) in [5, 5.41) is 17.9. The number of rotatable bonds is 13.